The standard InChI is InChI=1S/C13H18N2O2/c14-11-4-3-10(7-11)13(17)15-12-5-1-9(8-16)2-6-12/h1-2,5-6,10-11,16H,3-4,7-8,14H2,(H,15,17). The molecule has 0 bridgehead atoms. The van der Waals surface area contributed by atoms with Crippen molar-refractivity contribution in [3.05, 3.63) is 29.8 Å². The van der Waals surface area contributed by atoms with Crippen molar-refractivity contribution in [2.45, 2.75) is 31.9 Å². The third-order valence-corrected chi connectivity index (χ3v) is 3.25. The quantitative estimate of drug-likeness (QED) is 0.736. The van der Waals surface area contributed by atoms with Crippen LogP contribution in [0.2, 0.25) is 0 Å². The number of anilines is 1. The molecule has 4 heteroatoms. The molecule has 0 radical (unpaired) electrons. The molecule has 4 N–H and O–H groups in total. The summed E-state index contributed by atoms with van der Waals surface area (Å²) in [6.07, 6.45) is 2.59. The lowest BCUT2D eigenvalue weighted by molar-refractivity contribution is -0.119. The maximum absolute atomic E-state index is 11.9. The summed E-state index contributed by atoms with van der Waals surface area (Å²) in [5, 5.41) is 11.8. The van der Waals surface area contributed by atoms with Gasteiger partial charge in [0.1, 0.15) is 0 Å². The van der Waals surface area contributed by atoms with Gasteiger partial charge in [0.25, 0.3) is 0 Å². The van der Waals surface area contributed by atoms with Gasteiger partial charge in [0, 0.05) is 17.6 Å². The van der Waals surface area contributed by atoms with Crippen LogP contribution < -0.4 is 11.1 Å². The van der Waals surface area contributed by atoms with Crippen molar-refractivity contribution in [2.75, 3.05) is 5.32 Å². The van der Waals surface area contributed by atoms with Gasteiger partial charge in [-0.05, 0) is 37.0 Å². The number of hydrogen-bond acceptors (Lipinski definition) is 3. The summed E-state index contributed by atoms with van der Waals surface area (Å²) in [4.78, 5) is 11.9. The molecule has 2 unspecified atom stereocenters. The zero-order valence-electron chi connectivity index (χ0n) is 9.73. The average molecular weight is 234 g/mol. The Bertz CT molecular complexity index is 389. The van der Waals surface area contributed by atoms with Crippen LogP contribution in [0.25, 0.3) is 0 Å². The van der Waals surface area contributed by atoms with E-state index in [9.17, 15) is 4.79 Å². The molecule has 0 spiro atoms. The third kappa shape index (κ3) is 3.05. The van der Waals surface area contributed by atoms with Crippen molar-refractivity contribution in [3.63, 3.8) is 0 Å². The number of nitrogens with one attached hydrogen (secondary N) is 1. The van der Waals surface area contributed by atoms with Crippen molar-refractivity contribution >= 4 is 11.6 Å². The Morgan fingerprint density at radius 3 is 2.59 bits per heavy atom. The SMILES string of the molecule is NC1CCC(C(=O)Nc2ccc(CO)cc2)C1. The van der Waals surface area contributed by atoms with Gasteiger partial charge in [0.15, 0.2) is 0 Å². The molecule has 1 aliphatic rings. The lowest BCUT2D eigenvalue weighted by Crippen LogP contribution is -2.23. The van der Waals surface area contributed by atoms with E-state index in [-0.39, 0.29) is 24.5 Å². The molecule has 0 aromatic heterocycles. The molecule has 1 aromatic rings. The third-order valence-electron chi connectivity index (χ3n) is 3.25. The minimum Gasteiger partial charge on any atom is -0.392 e. The van der Waals surface area contributed by atoms with Crippen LogP contribution in [0.1, 0.15) is 24.8 Å². The highest BCUT2D eigenvalue weighted by molar-refractivity contribution is 5.92. The number of benzene rings is 1. The predicted molar refractivity (Wildman–Crippen MR) is 66.3 cm³/mol. The van der Waals surface area contributed by atoms with E-state index in [2.05, 4.69) is 5.32 Å². The minimum atomic E-state index is 0.0195. The minimum absolute atomic E-state index is 0.0195. The van der Waals surface area contributed by atoms with Crippen molar-refractivity contribution in [1.82, 2.24) is 0 Å². The predicted octanol–water partition coefficient (Wildman–Crippen LogP) is 1.24. The molecule has 0 saturated heterocycles. The van der Waals surface area contributed by atoms with Gasteiger partial charge in [0.05, 0.1) is 6.61 Å². The molecule has 2 rings (SSSR count). The second-order valence-electron chi connectivity index (χ2n) is 4.61. The Labute approximate surface area is 101 Å². The maximum Gasteiger partial charge on any atom is 0.227 e. The second kappa shape index (κ2) is 5.29. The van der Waals surface area contributed by atoms with Gasteiger partial charge < -0.3 is 16.2 Å². The maximum atomic E-state index is 11.9. The Kier molecular flexibility index (Phi) is 3.76. The van der Waals surface area contributed by atoms with Crippen molar-refractivity contribution in [3.8, 4) is 0 Å². The molecule has 1 amide bonds. The topological polar surface area (TPSA) is 75.4 Å². The lowest BCUT2D eigenvalue weighted by atomic mass is 10.1. The summed E-state index contributed by atoms with van der Waals surface area (Å²) in [5.41, 5.74) is 7.40. The van der Waals surface area contributed by atoms with Gasteiger partial charge >= 0.3 is 0 Å². The van der Waals surface area contributed by atoms with E-state index in [0.29, 0.717) is 0 Å². The largest absolute Gasteiger partial charge is 0.392 e. The van der Waals surface area contributed by atoms with E-state index in [4.69, 9.17) is 10.8 Å². The van der Waals surface area contributed by atoms with E-state index in [1.165, 1.54) is 0 Å². The Balaban J connectivity index is 1.93. The van der Waals surface area contributed by atoms with E-state index in [1.54, 1.807) is 24.3 Å². The van der Waals surface area contributed by atoms with Crippen LogP contribution in [0.5, 0.6) is 0 Å². The highest BCUT2D eigenvalue weighted by atomic mass is 16.3. The Hall–Kier alpha value is -1.39. The highest BCUT2D eigenvalue weighted by Crippen LogP contribution is 2.25. The summed E-state index contributed by atoms with van der Waals surface area (Å²) in [6, 6.07) is 7.38. The molecular formula is C13H18N2O2. The molecular weight excluding hydrogens is 216 g/mol. The van der Waals surface area contributed by atoms with Crippen LogP contribution >= 0.6 is 0 Å². The summed E-state index contributed by atoms with van der Waals surface area (Å²) in [5.74, 6) is 0.0946. The van der Waals surface area contributed by atoms with Crippen LogP contribution in [-0.4, -0.2) is 17.1 Å². The van der Waals surface area contributed by atoms with Crippen LogP contribution in [0.15, 0.2) is 24.3 Å². The van der Waals surface area contributed by atoms with E-state index in [1.807, 2.05) is 0 Å². The molecule has 92 valence electrons. The fourth-order valence-electron chi connectivity index (χ4n) is 2.19. The van der Waals surface area contributed by atoms with Crippen LogP contribution in [-0.2, 0) is 11.4 Å². The molecule has 17 heavy (non-hydrogen) atoms. The number of carbonyl (C=O) groups is 1. The number of aliphatic hydroxyl groups is 1. The number of rotatable bonds is 3. The monoisotopic (exact) mass is 234 g/mol. The van der Waals surface area contributed by atoms with Gasteiger partial charge in [-0.25, -0.2) is 0 Å². The first-order valence-electron chi connectivity index (χ1n) is 5.95. The molecule has 1 saturated carbocycles. The van der Waals surface area contributed by atoms with E-state index in [0.717, 1.165) is 30.5 Å². The van der Waals surface area contributed by atoms with Gasteiger partial charge in [0.2, 0.25) is 5.91 Å². The number of hydrogen-bond donors (Lipinski definition) is 3. The second-order valence-corrected chi connectivity index (χ2v) is 4.61. The number of amides is 1. The van der Waals surface area contributed by atoms with E-state index >= 15 is 0 Å². The van der Waals surface area contributed by atoms with Crippen molar-refractivity contribution in [1.29, 1.82) is 0 Å². The summed E-state index contributed by atoms with van der Waals surface area (Å²) in [7, 11) is 0. The molecule has 1 fully saturated rings. The molecule has 1 aromatic carbocycles. The number of nitrogens with two attached hydrogens (primary N) is 1. The summed E-state index contributed by atoms with van der Waals surface area (Å²) in [6.45, 7) is 0.0195. The van der Waals surface area contributed by atoms with E-state index < -0.39 is 0 Å². The van der Waals surface area contributed by atoms with Crippen LogP contribution in [0, 0.1) is 5.92 Å². The molecule has 4 nitrogen and oxygen atoms in total. The normalized spacial score (nSPS) is 23.6. The molecule has 0 heterocycles. The fourth-order valence-corrected chi connectivity index (χ4v) is 2.19. The number of carbonyl (C=O) groups excluding carboxylic acids is 1. The summed E-state index contributed by atoms with van der Waals surface area (Å²) >= 11 is 0. The average Bonchev–Trinajstić information content (AvgIpc) is 2.77. The summed E-state index contributed by atoms with van der Waals surface area (Å²) < 4.78 is 0. The van der Waals surface area contributed by atoms with Crippen molar-refractivity contribution in [2.24, 2.45) is 11.7 Å². The molecule has 0 aliphatic heterocycles. The first kappa shape index (κ1) is 12.1. The van der Waals surface area contributed by atoms with Gasteiger partial charge in [-0.15, -0.1) is 0 Å². The van der Waals surface area contributed by atoms with Crippen LogP contribution in [0.3, 0.4) is 0 Å². The first-order chi connectivity index (χ1) is 8.19. The van der Waals surface area contributed by atoms with Crippen LogP contribution in [0.4, 0.5) is 5.69 Å². The zero-order chi connectivity index (χ0) is 12.3. The van der Waals surface area contributed by atoms with Gasteiger partial charge in [-0.3, -0.25) is 4.79 Å². The van der Waals surface area contributed by atoms with Gasteiger partial charge in [-0.1, -0.05) is 12.1 Å². The molecule has 2 atom stereocenters. The smallest absolute Gasteiger partial charge is 0.227 e. The fraction of sp³-hybridized carbons (Fsp3) is 0.462. The lowest BCUT2D eigenvalue weighted by Gasteiger charge is -2.11. The van der Waals surface area contributed by atoms with Crippen molar-refractivity contribution < 1.29 is 9.90 Å². The van der Waals surface area contributed by atoms with Gasteiger partial charge in [-0.2, -0.15) is 0 Å². The Morgan fingerprint density at radius 1 is 1.35 bits per heavy atom. The number of aliphatic hydroxyl groups excluding tert-OH is 1. The Morgan fingerprint density at radius 2 is 2.06 bits per heavy atom. The first-order valence-corrected chi connectivity index (χ1v) is 5.95. The highest BCUT2D eigenvalue weighted by Gasteiger charge is 2.27. The molecule has 1 aliphatic carbocycles. The zero-order valence-corrected chi connectivity index (χ0v) is 9.73.